The molecule has 0 unspecified atom stereocenters. The summed E-state index contributed by atoms with van der Waals surface area (Å²) in [6, 6.07) is 0. The number of rotatable bonds is 4. The summed E-state index contributed by atoms with van der Waals surface area (Å²) in [6.07, 6.45) is 1.66. The average molecular weight is 240 g/mol. The molecule has 0 saturated carbocycles. The molecule has 2 rings (SSSR count). The zero-order valence-corrected chi connectivity index (χ0v) is 9.19. The van der Waals surface area contributed by atoms with E-state index in [0.29, 0.717) is 4.88 Å². The number of hydrogen-bond acceptors (Lipinski definition) is 7. The molecule has 8 heteroatoms. The van der Waals surface area contributed by atoms with Gasteiger partial charge in [-0.3, -0.25) is 0 Å². The Morgan fingerprint density at radius 3 is 2.88 bits per heavy atom. The molecular weight excluding hydrogens is 232 g/mol. The summed E-state index contributed by atoms with van der Waals surface area (Å²) in [5.74, 6) is -1.50. The Kier molecular flexibility index (Phi) is 2.91. The third kappa shape index (κ3) is 1.91. The lowest BCUT2D eigenvalue weighted by molar-refractivity contribution is 0.0654. The van der Waals surface area contributed by atoms with E-state index in [2.05, 4.69) is 19.8 Å². The van der Waals surface area contributed by atoms with E-state index in [9.17, 15) is 4.79 Å². The van der Waals surface area contributed by atoms with E-state index in [1.807, 2.05) is 6.92 Å². The van der Waals surface area contributed by atoms with Crippen molar-refractivity contribution < 1.29 is 14.3 Å². The van der Waals surface area contributed by atoms with Crippen LogP contribution in [-0.2, 0) is 6.42 Å². The Morgan fingerprint density at radius 2 is 2.25 bits per heavy atom. The van der Waals surface area contributed by atoms with Crippen molar-refractivity contribution in [2.75, 3.05) is 0 Å². The van der Waals surface area contributed by atoms with Crippen molar-refractivity contribution in [3.8, 4) is 10.8 Å². The molecule has 0 aliphatic rings. The van der Waals surface area contributed by atoms with Gasteiger partial charge in [0.1, 0.15) is 4.88 Å². The molecule has 2 aromatic rings. The van der Waals surface area contributed by atoms with Crippen LogP contribution in [0.3, 0.4) is 0 Å². The normalized spacial score (nSPS) is 10.6. The molecule has 0 aliphatic heterocycles. The Labute approximate surface area is 94.3 Å². The van der Waals surface area contributed by atoms with E-state index in [1.54, 1.807) is 0 Å². The maximum absolute atomic E-state index is 10.6. The molecule has 2 heterocycles. The summed E-state index contributed by atoms with van der Waals surface area (Å²) in [4.78, 5) is 11.2. The van der Waals surface area contributed by atoms with E-state index in [0.717, 1.165) is 30.1 Å². The number of hydrogen-bond donors (Lipinski definition) is 1. The van der Waals surface area contributed by atoms with Crippen molar-refractivity contribution in [2.45, 2.75) is 19.8 Å². The highest BCUT2D eigenvalue weighted by molar-refractivity contribution is 7.09. The predicted molar refractivity (Wildman–Crippen MR) is 54.2 cm³/mol. The first-order chi connectivity index (χ1) is 7.72. The molecule has 0 amide bonds. The van der Waals surface area contributed by atoms with Crippen LogP contribution >= 0.6 is 11.5 Å². The second-order valence-corrected chi connectivity index (χ2v) is 3.77. The standard InChI is InChI=1S/C8H8N4O3S/c1-2-3-4-5(16-12-9-4)6-10-11-7(15-6)8(13)14/h2-3H2,1H3,(H,13,14). The van der Waals surface area contributed by atoms with Gasteiger partial charge >= 0.3 is 11.9 Å². The molecule has 0 saturated heterocycles. The molecular formula is C8H8N4O3S. The third-order valence-corrected chi connectivity index (χ3v) is 2.60. The molecule has 0 fully saturated rings. The van der Waals surface area contributed by atoms with E-state index in [4.69, 9.17) is 9.52 Å². The molecule has 1 N–H and O–H groups in total. The van der Waals surface area contributed by atoms with Gasteiger partial charge in [0.25, 0.3) is 5.89 Å². The predicted octanol–water partition coefficient (Wildman–Crippen LogP) is 1.24. The molecule has 7 nitrogen and oxygen atoms in total. The maximum atomic E-state index is 10.6. The molecule has 0 radical (unpaired) electrons. The quantitative estimate of drug-likeness (QED) is 0.857. The number of carbonyl (C=O) groups is 1. The van der Waals surface area contributed by atoms with Gasteiger partial charge in [0.15, 0.2) is 0 Å². The zero-order valence-electron chi connectivity index (χ0n) is 8.38. The fourth-order valence-electron chi connectivity index (χ4n) is 1.17. The van der Waals surface area contributed by atoms with Gasteiger partial charge in [-0.1, -0.05) is 17.8 Å². The van der Waals surface area contributed by atoms with Gasteiger partial charge in [-0.25, -0.2) is 4.79 Å². The molecule has 0 aliphatic carbocycles. The van der Waals surface area contributed by atoms with Crippen LogP contribution < -0.4 is 0 Å². The van der Waals surface area contributed by atoms with Crippen LogP contribution in [-0.4, -0.2) is 30.9 Å². The van der Waals surface area contributed by atoms with E-state index in [1.165, 1.54) is 0 Å². The van der Waals surface area contributed by atoms with Gasteiger partial charge in [-0.2, -0.15) is 0 Å². The monoisotopic (exact) mass is 240 g/mol. The van der Waals surface area contributed by atoms with Crippen molar-refractivity contribution in [3.63, 3.8) is 0 Å². The minimum Gasteiger partial charge on any atom is -0.474 e. The van der Waals surface area contributed by atoms with E-state index < -0.39 is 11.9 Å². The van der Waals surface area contributed by atoms with Crippen molar-refractivity contribution in [3.05, 3.63) is 11.6 Å². The van der Waals surface area contributed by atoms with Gasteiger partial charge in [0.2, 0.25) is 0 Å². The number of aryl methyl sites for hydroxylation is 1. The number of carboxylic acids is 1. The van der Waals surface area contributed by atoms with Crippen molar-refractivity contribution in [2.24, 2.45) is 0 Å². The summed E-state index contributed by atoms with van der Waals surface area (Å²) in [6.45, 7) is 2.01. The van der Waals surface area contributed by atoms with Crippen LogP contribution in [0.1, 0.15) is 29.7 Å². The SMILES string of the molecule is CCCc1nnsc1-c1nnc(C(=O)O)o1. The summed E-state index contributed by atoms with van der Waals surface area (Å²) < 4.78 is 8.77. The zero-order chi connectivity index (χ0) is 11.5. The first-order valence-electron chi connectivity index (χ1n) is 4.60. The topological polar surface area (TPSA) is 102 Å². The second-order valence-electron chi connectivity index (χ2n) is 3.02. The molecule has 84 valence electrons. The number of carboxylic acid groups (broad SMARTS) is 1. The van der Waals surface area contributed by atoms with Crippen molar-refractivity contribution >= 4 is 17.5 Å². The number of nitrogens with zero attached hydrogens (tertiary/aromatic N) is 4. The molecule has 0 aromatic carbocycles. The average Bonchev–Trinajstić information content (AvgIpc) is 2.84. The highest BCUT2D eigenvalue weighted by atomic mass is 32.1. The number of aromatic carboxylic acids is 1. The van der Waals surface area contributed by atoms with E-state index in [-0.39, 0.29) is 5.89 Å². The van der Waals surface area contributed by atoms with Gasteiger partial charge in [0, 0.05) is 0 Å². The van der Waals surface area contributed by atoms with Crippen LogP contribution in [0.5, 0.6) is 0 Å². The molecule has 0 bridgehead atoms. The van der Waals surface area contributed by atoms with Crippen molar-refractivity contribution in [1.29, 1.82) is 0 Å². The van der Waals surface area contributed by atoms with Crippen LogP contribution in [0, 0.1) is 0 Å². The molecule has 0 spiro atoms. The van der Waals surface area contributed by atoms with Crippen LogP contribution in [0.25, 0.3) is 10.8 Å². The lowest BCUT2D eigenvalue weighted by Crippen LogP contribution is -1.95. The molecule has 0 atom stereocenters. The van der Waals surface area contributed by atoms with Gasteiger partial charge in [-0.05, 0) is 18.0 Å². The summed E-state index contributed by atoms with van der Waals surface area (Å²) in [5.41, 5.74) is 0.757. The fraction of sp³-hybridized carbons (Fsp3) is 0.375. The van der Waals surface area contributed by atoms with Crippen molar-refractivity contribution in [1.82, 2.24) is 19.8 Å². The fourth-order valence-corrected chi connectivity index (χ4v) is 1.80. The van der Waals surface area contributed by atoms with Crippen LogP contribution in [0.4, 0.5) is 0 Å². The van der Waals surface area contributed by atoms with Crippen LogP contribution in [0.15, 0.2) is 4.42 Å². The molecule has 2 aromatic heterocycles. The number of aromatic nitrogens is 4. The largest absolute Gasteiger partial charge is 0.474 e. The summed E-state index contributed by atoms with van der Waals surface area (Å²) in [5, 5.41) is 19.6. The minimum atomic E-state index is -1.24. The summed E-state index contributed by atoms with van der Waals surface area (Å²) in [7, 11) is 0. The smallest absolute Gasteiger partial charge is 0.393 e. The maximum Gasteiger partial charge on any atom is 0.393 e. The highest BCUT2D eigenvalue weighted by Gasteiger charge is 2.19. The van der Waals surface area contributed by atoms with Gasteiger partial charge < -0.3 is 9.52 Å². The molecule has 16 heavy (non-hydrogen) atoms. The minimum absolute atomic E-state index is 0.163. The Balaban J connectivity index is 2.34. The third-order valence-electron chi connectivity index (χ3n) is 1.84. The second kappa shape index (κ2) is 4.35. The first-order valence-corrected chi connectivity index (χ1v) is 5.38. The first kappa shape index (κ1) is 10.7. The van der Waals surface area contributed by atoms with E-state index >= 15 is 0 Å². The Hall–Kier alpha value is -1.83. The van der Waals surface area contributed by atoms with Gasteiger partial charge in [0.05, 0.1) is 5.69 Å². The Morgan fingerprint density at radius 1 is 1.44 bits per heavy atom. The van der Waals surface area contributed by atoms with Crippen LogP contribution in [0.2, 0.25) is 0 Å². The van der Waals surface area contributed by atoms with Gasteiger partial charge in [-0.15, -0.1) is 15.3 Å². The lowest BCUT2D eigenvalue weighted by Gasteiger charge is -1.92. The highest BCUT2D eigenvalue weighted by Crippen LogP contribution is 2.25. The Bertz CT molecular complexity index is 507. The summed E-state index contributed by atoms with van der Waals surface area (Å²) >= 11 is 1.12. The lowest BCUT2D eigenvalue weighted by atomic mass is 10.2.